The summed E-state index contributed by atoms with van der Waals surface area (Å²) in [5.41, 5.74) is 7.17. The third-order valence-corrected chi connectivity index (χ3v) is 7.64. The Kier molecular flexibility index (Phi) is 10.9. The zero-order valence-electron chi connectivity index (χ0n) is 24.0. The first-order chi connectivity index (χ1) is 21.6. The number of aromatic nitrogens is 3. The summed E-state index contributed by atoms with van der Waals surface area (Å²) in [7, 11) is -3.66. The number of aromatic amines is 1. The second-order valence-electron chi connectivity index (χ2n) is 9.58. The summed E-state index contributed by atoms with van der Waals surface area (Å²) >= 11 is 0. The van der Waals surface area contributed by atoms with Gasteiger partial charge in [0.1, 0.15) is 35.3 Å². The second-order valence-corrected chi connectivity index (χ2v) is 11.6. The topological polar surface area (TPSA) is 188 Å². The molecule has 16 heteroatoms. The van der Waals surface area contributed by atoms with E-state index in [4.69, 9.17) is 15.2 Å². The summed E-state index contributed by atoms with van der Waals surface area (Å²) in [4.78, 5) is 30.7. The van der Waals surface area contributed by atoms with Gasteiger partial charge in [0.25, 0.3) is 5.91 Å². The van der Waals surface area contributed by atoms with Gasteiger partial charge in [-0.2, -0.15) is 5.10 Å². The first-order valence-corrected chi connectivity index (χ1v) is 15.3. The Labute approximate surface area is 257 Å². The zero-order valence-corrected chi connectivity index (χ0v) is 24.8. The van der Waals surface area contributed by atoms with E-state index in [2.05, 4.69) is 30.2 Å². The van der Waals surface area contributed by atoms with Crippen molar-refractivity contribution in [3.05, 3.63) is 77.7 Å². The number of amides is 1. The number of nitrogens with two attached hydrogens (primary N) is 1. The number of hydrogen-bond acceptors (Lipinski definition) is 10. The van der Waals surface area contributed by atoms with E-state index in [1.54, 1.807) is 18.2 Å². The number of sulfonamides is 1. The van der Waals surface area contributed by atoms with Crippen LogP contribution < -0.4 is 25.2 Å². The van der Waals surface area contributed by atoms with E-state index >= 15 is 0 Å². The van der Waals surface area contributed by atoms with Gasteiger partial charge in [0.2, 0.25) is 10.0 Å². The van der Waals surface area contributed by atoms with Crippen molar-refractivity contribution in [2.45, 2.75) is 32.8 Å². The van der Waals surface area contributed by atoms with Crippen LogP contribution in [0.3, 0.4) is 0 Å². The number of H-pyrrole nitrogens is 1. The van der Waals surface area contributed by atoms with Crippen molar-refractivity contribution in [2.75, 3.05) is 22.4 Å². The standard InChI is InChI=1S/C29H30F2N6O7S/c1-2-45(40,41)37-22-12-8-19(15-23(22)43-17-18-6-9-20(30)10-7-18)27-26(28(32)39)29(36-35-27)34-24-13-11-21(16-33-24)42-14-4-3-5-25(38)44-31/h6-13,15-16,37H,2-5,14,17H2,1H3,(H2,32,39)(H2,33,34,35,36). The molecule has 0 bridgehead atoms. The molecule has 0 unspecified atom stereocenters. The van der Waals surface area contributed by atoms with E-state index in [9.17, 15) is 26.9 Å². The zero-order chi connectivity index (χ0) is 32.4. The smallest absolute Gasteiger partial charge is 0.348 e. The van der Waals surface area contributed by atoms with E-state index in [1.165, 1.54) is 49.5 Å². The number of carbonyl (C=O) groups is 2. The minimum absolute atomic E-state index is 0.00218. The number of primary amides is 1. The molecule has 0 atom stereocenters. The fourth-order valence-electron chi connectivity index (χ4n) is 4.01. The van der Waals surface area contributed by atoms with Crippen molar-refractivity contribution >= 4 is 39.2 Å². The molecule has 0 saturated heterocycles. The average molecular weight is 645 g/mol. The van der Waals surface area contributed by atoms with Crippen LogP contribution in [-0.4, -0.2) is 47.8 Å². The molecule has 2 heterocycles. The highest BCUT2D eigenvalue weighted by Gasteiger charge is 2.22. The molecule has 0 saturated carbocycles. The van der Waals surface area contributed by atoms with Crippen LogP contribution in [0.1, 0.15) is 42.1 Å². The molecule has 0 aliphatic carbocycles. The van der Waals surface area contributed by atoms with Crippen LogP contribution in [0, 0.1) is 5.82 Å². The average Bonchev–Trinajstić information content (AvgIpc) is 3.45. The molecule has 2 aromatic heterocycles. The fraction of sp³-hybridized carbons (Fsp3) is 0.241. The predicted molar refractivity (Wildman–Crippen MR) is 160 cm³/mol. The van der Waals surface area contributed by atoms with Gasteiger partial charge in [0.15, 0.2) is 5.82 Å². The number of carbonyl (C=O) groups excluding carboxylic acids is 2. The van der Waals surface area contributed by atoms with Crippen LogP contribution in [0.2, 0.25) is 0 Å². The Hall–Kier alpha value is -5.25. The third-order valence-electron chi connectivity index (χ3n) is 6.35. The monoisotopic (exact) mass is 644 g/mol. The molecule has 0 radical (unpaired) electrons. The van der Waals surface area contributed by atoms with E-state index in [1.807, 2.05) is 0 Å². The summed E-state index contributed by atoms with van der Waals surface area (Å²) in [5, 5.41) is 9.90. The number of unbranched alkanes of at least 4 members (excludes halogenated alkanes) is 1. The van der Waals surface area contributed by atoms with E-state index in [0.717, 1.165) is 0 Å². The summed E-state index contributed by atoms with van der Waals surface area (Å²) in [6.07, 6.45) is 2.28. The van der Waals surface area contributed by atoms with Crippen molar-refractivity contribution < 1.29 is 41.3 Å². The van der Waals surface area contributed by atoms with Gasteiger partial charge in [0, 0.05) is 16.5 Å². The Balaban J connectivity index is 1.52. The van der Waals surface area contributed by atoms with Crippen LogP contribution in [0.15, 0.2) is 60.8 Å². The summed E-state index contributed by atoms with van der Waals surface area (Å²) < 4.78 is 63.6. The van der Waals surface area contributed by atoms with Gasteiger partial charge in [-0.1, -0.05) is 18.2 Å². The second kappa shape index (κ2) is 15.0. The fourth-order valence-corrected chi connectivity index (χ4v) is 4.65. The predicted octanol–water partition coefficient (Wildman–Crippen LogP) is 4.77. The summed E-state index contributed by atoms with van der Waals surface area (Å²) in [5.74, 6) is -1.32. The van der Waals surface area contributed by atoms with Gasteiger partial charge < -0.3 is 20.5 Å². The van der Waals surface area contributed by atoms with Gasteiger partial charge >= 0.3 is 5.97 Å². The summed E-state index contributed by atoms with van der Waals surface area (Å²) in [6.45, 7) is 1.77. The largest absolute Gasteiger partial charge is 0.492 e. The highest BCUT2D eigenvalue weighted by molar-refractivity contribution is 7.92. The van der Waals surface area contributed by atoms with E-state index in [0.29, 0.717) is 35.5 Å². The normalized spacial score (nSPS) is 11.1. The van der Waals surface area contributed by atoms with Gasteiger partial charge in [-0.05, 0) is 61.7 Å². The molecule has 238 valence electrons. The number of anilines is 3. The molecule has 1 amide bonds. The molecule has 4 rings (SSSR count). The lowest BCUT2D eigenvalue weighted by atomic mass is 10.1. The number of hydrogen-bond donors (Lipinski definition) is 4. The number of benzene rings is 2. The molecule has 4 aromatic rings. The molecular weight excluding hydrogens is 614 g/mol. The lowest BCUT2D eigenvalue weighted by Crippen LogP contribution is -2.15. The van der Waals surface area contributed by atoms with Crippen LogP contribution in [0.25, 0.3) is 11.3 Å². The van der Waals surface area contributed by atoms with Gasteiger partial charge in [-0.15, -0.1) is 0 Å². The number of rotatable bonds is 16. The maximum atomic E-state index is 13.3. The van der Waals surface area contributed by atoms with Crippen molar-refractivity contribution in [3.8, 4) is 22.8 Å². The Bertz CT molecular complexity index is 1730. The minimum atomic E-state index is -3.66. The first-order valence-electron chi connectivity index (χ1n) is 13.7. The van der Waals surface area contributed by atoms with Crippen LogP contribution in [-0.2, 0) is 26.4 Å². The highest BCUT2D eigenvalue weighted by Crippen LogP contribution is 2.35. The minimum Gasteiger partial charge on any atom is -0.492 e. The Morgan fingerprint density at radius 2 is 1.82 bits per heavy atom. The van der Waals surface area contributed by atoms with Crippen molar-refractivity contribution in [3.63, 3.8) is 0 Å². The van der Waals surface area contributed by atoms with Gasteiger partial charge in [-0.25, -0.2) is 22.6 Å². The Morgan fingerprint density at radius 3 is 2.49 bits per heavy atom. The highest BCUT2D eigenvalue weighted by atomic mass is 32.2. The number of nitrogens with zero attached hydrogens (tertiary/aromatic N) is 2. The first kappa shape index (κ1) is 32.7. The molecule has 2 aromatic carbocycles. The molecule has 13 nitrogen and oxygen atoms in total. The maximum absolute atomic E-state index is 13.3. The molecule has 5 N–H and O–H groups in total. The molecule has 45 heavy (non-hydrogen) atoms. The lowest BCUT2D eigenvalue weighted by Gasteiger charge is -2.15. The molecule has 0 aliphatic rings. The van der Waals surface area contributed by atoms with E-state index < -0.39 is 27.7 Å². The molecule has 0 spiro atoms. The SMILES string of the molecule is CCS(=O)(=O)Nc1ccc(-c2[nH]nc(Nc3ccc(OCCCCC(=O)OF)cn3)c2C(N)=O)cc1OCc1ccc(F)cc1. The lowest BCUT2D eigenvalue weighted by molar-refractivity contribution is -0.183. The van der Waals surface area contributed by atoms with Crippen molar-refractivity contribution in [2.24, 2.45) is 5.73 Å². The van der Waals surface area contributed by atoms with Crippen LogP contribution >= 0.6 is 0 Å². The number of ether oxygens (including phenoxy) is 2. The van der Waals surface area contributed by atoms with Gasteiger partial charge in [0.05, 0.1) is 29.9 Å². The van der Waals surface area contributed by atoms with Gasteiger partial charge in [-0.3, -0.25) is 19.6 Å². The number of halogens is 2. The third kappa shape index (κ3) is 9.12. The molecule has 0 aliphatic heterocycles. The molecular formula is C29H30F2N6O7S. The van der Waals surface area contributed by atoms with E-state index in [-0.39, 0.29) is 53.9 Å². The number of nitrogens with one attached hydrogen (secondary N) is 3. The molecule has 0 fully saturated rings. The summed E-state index contributed by atoms with van der Waals surface area (Å²) in [6, 6.07) is 13.4. The number of pyridine rings is 1. The maximum Gasteiger partial charge on any atom is 0.348 e. The van der Waals surface area contributed by atoms with Crippen LogP contribution in [0.5, 0.6) is 11.5 Å². The van der Waals surface area contributed by atoms with Crippen LogP contribution in [0.4, 0.5) is 26.2 Å². The Morgan fingerprint density at radius 1 is 1.04 bits per heavy atom. The van der Waals surface area contributed by atoms with Crippen molar-refractivity contribution in [1.82, 2.24) is 15.2 Å². The van der Waals surface area contributed by atoms with Crippen molar-refractivity contribution in [1.29, 1.82) is 0 Å². The quantitative estimate of drug-likeness (QED) is 0.124.